The van der Waals surface area contributed by atoms with E-state index < -0.39 is 0 Å². The van der Waals surface area contributed by atoms with Gasteiger partial charge in [0.1, 0.15) is 24.9 Å². The minimum Gasteiger partial charge on any atom is -0.493 e. The molecule has 2 heterocycles. The van der Waals surface area contributed by atoms with Crippen LogP contribution in [0.2, 0.25) is 10.0 Å². The molecule has 37 heavy (non-hydrogen) atoms. The number of benzene rings is 2. The van der Waals surface area contributed by atoms with Gasteiger partial charge in [-0.3, -0.25) is 4.90 Å². The van der Waals surface area contributed by atoms with Crippen LogP contribution in [0.15, 0.2) is 36.7 Å². The molecular formula is C28H34Cl2N4O3. The van der Waals surface area contributed by atoms with Crippen molar-refractivity contribution in [2.24, 2.45) is 5.92 Å². The van der Waals surface area contributed by atoms with E-state index in [-0.39, 0.29) is 6.10 Å². The van der Waals surface area contributed by atoms with Crippen molar-refractivity contribution in [3.8, 4) is 11.5 Å². The van der Waals surface area contributed by atoms with Crippen molar-refractivity contribution in [2.45, 2.75) is 44.6 Å². The first-order valence-electron chi connectivity index (χ1n) is 13.1. The van der Waals surface area contributed by atoms with Crippen LogP contribution in [0.4, 0.5) is 11.5 Å². The van der Waals surface area contributed by atoms with Crippen LogP contribution >= 0.6 is 23.2 Å². The summed E-state index contributed by atoms with van der Waals surface area (Å²) >= 11 is 12.2. The van der Waals surface area contributed by atoms with E-state index in [9.17, 15) is 0 Å². The average Bonchev–Trinajstić information content (AvgIpc) is 2.93. The summed E-state index contributed by atoms with van der Waals surface area (Å²) in [7, 11) is 1.63. The van der Waals surface area contributed by atoms with Crippen molar-refractivity contribution in [3.05, 3.63) is 46.7 Å². The molecule has 1 saturated carbocycles. The quantitative estimate of drug-likeness (QED) is 0.319. The van der Waals surface area contributed by atoms with Gasteiger partial charge in [-0.25, -0.2) is 9.97 Å². The first kappa shape index (κ1) is 26.3. The number of nitrogens with zero attached hydrogens (tertiary/aromatic N) is 3. The topological polar surface area (TPSA) is 68.7 Å². The zero-order valence-electron chi connectivity index (χ0n) is 21.2. The van der Waals surface area contributed by atoms with E-state index >= 15 is 0 Å². The summed E-state index contributed by atoms with van der Waals surface area (Å²) in [6, 6.07) is 9.13. The number of rotatable bonds is 9. The number of anilines is 2. The Kier molecular flexibility index (Phi) is 8.87. The Bertz CT molecular complexity index is 1210. The van der Waals surface area contributed by atoms with Gasteiger partial charge >= 0.3 is 0 Å². The van der Waals surface area contributed by atoms with Crippen LogP contribution in [-0.4, -0.2) is 60.9 Å². The van der Waals surface area contributed by atoms with Crippen molar-refractivity contribution >= 4 is 45.6 Å². The molecule has 2 fully saturated rings. The van der Waals surface area contributed by atoms with Gasteiger partial charge in [0.05, 0.1) is 29.3 Å². The lowest BCUT2D eigenvalue weighted by molar-refractivity contribution is -0.0495. The molecule has 1 N–H and O–H groups in total. The van der Waals surface area contributed by atoms with Gasteiger partial charge in [-0.05, 0) is 43.1 Å². The van der Waals surface area contributed by atoms with Gasteiger partial charge in [0, 0.05) is 30.2 Å². The fourth-order valence-corrected chi connectivity index (χ4v) is 5.55. The minimum atomic E-state index is 0.0257. The third kappa shape index (κ3) is 6.77. The Morgan fingerprint density at radius 3 is 2.73 bits per heavy atom. The number of aromatic nitrogens is 2. The third-order valence-electron chi connectivity index (χ3n) is 7.33. The molecule has 2 aliphatic rings. The van der Waals surface area contributed by atoms with E-state index in [0.717, 1.165) is 48.7 Å². The highest BCUT2D eigenvalue weighted by Crippen LogP contribution is 2.36. The monoisotopic (exact) mass is 544 g/mol. The molecule has 5 rings (SSSR count). The molecule has 0 amide bonds. The largest absolute Gasteiger partial charge is 0.493 e. The van der Waals surface area contributed by atoms with Crippen LogP contribution < -0.4 is 14.8 Å². The Morgan fingerprint density at radius 1 is 1.05 bits per heavy atom. The molecule has 2 aromatic carbocycles. The van der Waals surface area contributed by atoms with Crippen molar-refractivity contribution in [3.63, 3.8) is 0 Å². The number of hydrogen-bond acceptors (Lipinski definition) is 7. The third-order valence-corrected chi connectivity index (χ3v) is 8.07. The number of morpholine rings is 1. The second kappa shape index (κ2) is 12.5. The van der Waals surface area contributed by atoms with Gasteiger partial charge in [-0.2, -0.15) is 0 Å². The molecule has 3 aromatic rings. The lowest BCUT2D eigenvalue weighted by Crippen LogP contribution is -2.45. The zero-order chi connectivity index (χ0) is 25.6. The van der Waals surface area contributed by atoms with Crippen LogP contribution in [0.5, 0.6) is 11.5 Å². The van der Waals surface area contributed by atoms with Crippen LogP contribution in [0.1, 0.15) is 38.5 Å². The van der Waals surface area contributed by atoms with Crippen molar-refractivity contribution in [1.82, 2.24) is 14.9 Å². The van der Waals surface area contributed by atoms with Crippen LogP contribution in [0.3, 0.4) is 0 Å². The van der Waals surface area contributed by atoms with E-state index in [2.05, 4.69) is 20.2 Å². The zero-order valence-corrected chi connectivity index (χ0v) is 22.7. The minimum absolute atomic E-state index is 0.0257. The van der Waals surface area contributed by atoms with Gasteiger partial charge in [0.25, 0.3) is 0 Å². The number of ether oxygens (including phenoxy) is 3. The van der Waals surface area contributed by atoms with Crippen molar-refractivity contribution in [2.75, 3.05) is 45.3 Å². The second-order valence-electron chi connectivity index (χ2n) is 9.89. The highest BCUT2D eigenvalue weighted by molar-refractivity contribution is 6.42. The number of fused-ring (bicyclic) bond motifs is 1. The molecule has 0 bridgehead atoms. The second-order valence-corrected chi connectivity index (χ2v) is 10.7. The van der Waals surface area contributed by atoms with E-state index in [1.165, 1.54) is 44.9 Å². The maximum atomic E-state index is 6.22. The molecule has 1 aliphatic heterocycles. The predicted molar refractivity (Wildman–Crippen MR) is 149 cm³/mol. The normalized spacial score (nSPS) is 19.2. The summed E-state index contributed by atoms with van der Waals surface area (Å²) in [5, 5.41) is 5.07. The van der Waals surface area contributed by atoms with E-state index in [1.807, 2.05) is 18.2 Å². The summed E-state index contributed by atoms with van der Waals surface area (Å²) in [5.41, 5.74) is 1.52. The number of hydrogen-bond donors (Lipinski definition) is 1. The summed E-state index contributed by atoms with van der Waals surface area (Å²) in [6.45, 7) is 4.23. The molecular weight excluding hydrogens is 511 g/mol. The average molecular weight is 546 g/mol. The van der Waals surface area contributed by atoms with Crippen molar-refractivity contribution < 1.29 is 14.2 Å². The fraction of sp³-hybridized carbons (Fsp3) is 0.500. The summed E-state index contributed by atoms with van der Waals surface area (Å²) in [6.07, 6.45) is 9.84. The van der Waals surface area contributed by atoms with E-state index in [4.69, 9.17) is 37.4 Å². The number of halogens is 2. The highest BCUT2D eigenvalue weighted by Gasteiger charge is 2.23. The summed E-state index contributed by atoms with van der Waals surface area (Å²) < 4.78 is 17.9. The summed E-state index contributed by atoms with van der Waals surface area (Å²) in [4.78, 5) is 11.4. The van der Waals surface area contributed by atoms with E-state index in [0.29, 0.717) is 34.0 Å². The molecule has 1 atom stereocenters. The van der Waals surface area contributed by atoms with Gasteiger partial charge in [0.15, 0.2) is 11.5 Å². The molecule has 9 heteroatoms. The molecule has 1 saturated heterocycles. The van der Waals surface area contributed by atoms with Gasteiger partial charge < -0.3 is 19.5 Å². The van der Waals surface area contributed by atoms with Crippen molar-refractivity contribution in [1.29, 1.82) is 0 Å². The highest BCUT2D eigenvalue weighted by atomic mass is 35.5. The van der Waals surface area contributed by atoms with Crippen LogP contribution in [0, 0.1) is 5.92 Å². The molecule has 1 aromatic heterocycles. The first-order valence-corrected chi connectivity index (χ1v) is 13.9. The molecule has 0 spiro atoms. The SMILES string of the molecule is COc1cc2c(Nc3ccc(Cl)c(Cl)c3)ncnc2cc1OCC1CN(CCC2CCCCC2)CCO1. The van der Waals surface area contributed by atoms with Crippen LogP contribution in [0.25, 0.3) is 10.9 Å². The maximum Gasteiger partial charge on any atom is 0.163 e. The summed E-state index contributed by atoms with van der Waals surface area (Å²) in [5.74, 6) is 2.78. The Balaban J connectivity index is 1.23. The maximum absolute atomic E-state index is 6.22. The predicted octanol–water partition coefficient (Wildman–Crippen LogP) is 6.74. The van der Waals surface area contributed by atoms with Gasteiger partial charge in [0.2, 0.25) is 0 Å². The molecule has 0 radical (unpaired) electrons. The Morgan fingerprint density at radius 2 is 1.92 bits per heavy atom. The Labute approximate surface area is 228 Å². The molecule has 1 unspecified atom stereocenters. The molecule has 7 nitrogen and oxygen atoms in total. The molecule has 1 aliphatic carbocycles. The standard InChI is InChI=1S/C28H34Cl2N4O3/c1-35-26-14-22-25(31-18-32-28(22)33-20-7-8-23(29)24(30)13-20)15-27(26)37-17-21-16-34(11-12-36-21)10-9-19-5-3-2-4-6-19/h7-8,13-15,18-19,21H,2-6,9-12,16-17H2,1H3,(H,31,32,33). The smallest absolute Gasteiger partial charge is 0.163 e. The number of methoxy groups -OCH3 is 1. The lowest BCUT2D eigenvalue weighted by atomic mass is 9.87. The first-order chi connectivity index (χ1) is 18.1. The number of nitrogens with one attached hydrogen (secondary N) is 1. The van der Waals surface area contributed by atoms with Gasteiger partial charge in [-0.1, -0.05) is 55.3 Å². The fourth-order valence-electron chi connectivity index (χ4n) is 5.25. The van der Waals surface area contributed by atoms with Crippen LogP contribution in [-0.2, 0) is 4.74 Å². The Hall–Kier alpha value is -2.32. The lowest BCUT2D eigenvalue weighted by Gasteiger charge is -2.34. The van der Waals surface area contributed by atoms with Gasteiger partial charge in [-0.15, -0.1) is 0 Å². The van der Waals surface area contributed by atoms with E-state index in [1.54, 1.807) is 19.2 Å². The molecule has 198 valence electrons.